The van der Waals surface area contributed by atoms with Crippen LogP contribution in [0, 0.1) is 11.3 Å². The lowest BCUT2D eigenvalue weighted by Gasteiger charge is -2.19. The third-order valence-corrected chi connectivity index (χ3v) is 3.47. The van der Waals surface area contributed by atoms with Crippen molar-refractivity contribution in [3.63, 3.8) is 0 Å². The quantitative estimate of drug-likeness (QED) is 0.771. The summed E-state index contributed by atoms with van der Waals surface area (Å²) in [6, 6.07) is 22.2. The van der Waals surface area contributed by atoms with Crippen molar-refractivity contribution in [2.45, 2.75) is 12.5 Å². The molecule has 0 radical (unpaired) electrons. The molecule has 3 aromatic rings. The highest BCUT2D eigenvalue weighted by Gasteiger charge is 2.14. The first kappa shape index (κ1) is 13.1. The van der Waals surface area contributed by atoms with E-state index in [-0.39, 0.29) is 6.04 Å². The molecule has 0 spiro atoms. The number of benzene rings is 2. The van der Waals surface area contributed by atoms with E-state index >= 15 is 0 Å². The number of hydrogen-bond acceptors (Lipinski definition) is 3. The summed E-state index contributed by atoms with van der Waals surface area (Å²) in [5.74, 6) is 0. The van der Waals surface area contributed by atoms with Crippen LogP contribution in [-0.4, -0.2) is 4.98 Å². The monoisotopic (exact) mass is 273 g/mol. The molecular formula is C18H15N3. The minimum Gasteiger partial charge on any atom is -0.377 e. The van der Waals surface area contributed by atoms with Gasteiger partial charge in [0.1, 0.15) is 0 Å². The lowest BCUT2D eigenvalue weighted by Crippen LogP contribution is -2.10. The summed E-state index contributed by atoms with van der Waals surface area (Å²) in [6.45, 7) is 0. The van der Waals surface area contributed by atoms with Crippen molar-refractivity contribution in [2.24, 2.45) is 0 Å². The van der Waals surface area contributed by atoms with Gasteiger partial charge in [-0.25, -0.2) is 0 Å². The average molecular weight is 273 g/mol. The van der Waals surface area contributed by atoms with Gasteiger partial charge < -0.3 is 5.32 Å². The molecule has 0 amide bonds. The number of nitriles is 1. The fraction of sp³-hybridized carbons (Fsp3) is 0.111. The van der Waals surface area contributed by atoms with Gasteiger partial charge in [-0.3, -0.25) is 4.98 Å². The van der Waals surface area contributed by atoms with Crippen LogP contribution in [-0.2, 0) is 0 Å². The molecular weight excluding hydrogens is 258 g/mol. The Morgan fingerprint density at radius 1 is 1.00 bits per heavy atom. The number of fused-ring (bicyclic) bond motifs is 1. The molecule has 0 fully saturated rings. The lowest BCUT2D eigenvalue weighted by molar-refractivity contribution is 0.812. The molecule has 1 heterocycles. The van der Waals surface area contributed by atoms with Crippen LogP contribution in [0.25, 0.3) is 10.9 Å². The topological polar surface area (TPSA) is 48.7 Å². The van der Waals surface area contributed by atoms with Gasteiger partial charge >= 0.3 is 0 Å². The summed E-state index contributed by atoms with van der Waals surface area (Å²) in [5, 5.41) is 13.7. The molecule has 0 saturated heterocycles. The van der Waals surface area contributed by atoms with E-state index in [1.54, 1.807) is 6.20 Å². The van der Waals surface area contributed by atoms with E-state index in [4.69, 9.17) is 5.26 Å². The molecule has 1 atom stereocenters. The molecule has 0 aliphatic rings. The van der Waals surface area contributed by atoms with Crippen molar-refractivity contribution in [2.75, 3.05) is 5.32 Å². The fourth-order valence-corrected chi connectivity index (χ4v) is 2.49. The number of hydrogen-bond donors (Lipinski definition) is 1. The second-order valence-electron chi connectivity index (χ2n) is 4.84. The molecule has 1 N–H and O–H groups in total. The number of anilines is 1. The van der Waals surface area contributed by atoms with Gasteiger partial charge in [0.25, 0.3) is 0 Å². The predicted molar refractivity (Wildman–Crippen MR) is 84.8 cm³/mol. The summed E-state index contributed by atoms with van der Waals surface area (Å²) in [4.78, 5) is 4.38. The summed E-state index contributed by atoms with van der Waals surface area (Å²) in [7, 11) is 0. The minimum atomic E-state index is -0.0506. The van der Waals surface area contributed by atoms with Gasteiger partial charge in [0.2, 0.25) is 0 Å². The maximum absolute atomic E-state index is 9.14. The molecule has 0 aliphatic heterocycles. The van der Waals surface area contributed by atoms with Crippen LogP contribution >= 0.6 is 0 Å². The Bertz CT molecular complexity index is 770. The van der Waals surface area contributed by atoms with Gasteiger partial charge in [0, 0.05) is 17.3 Å². The molecule has 3 heteroatoms. The summed E-state index contributed by atoms with van der Waals surface area (Å²) < 4.78 is 0. The number of rotatable bonds is 4. The SMILES string of the molecule is N#CCC(Nc1ccccc1)c1ccnc2ccccc12. The molecule has 3 nitrogen and oxygen atoms in total. The van der Waals surface area contributed by atoms with Crippen molar-refractivity contribution in [3.05, 3.63) is 72.4 Å². The maximum atomic E-state index is 9.14. The van der Waals surface area contributed by atoms with Crippen LogP contribution in [0.4, 0.5) is 5.69 Å². The normalized spacial score (nSPS) is 11.8. The predicted octanol–water partition coefficient (Wildman–Crippen LogP) is 4.30. The van der Waals surface area contributed by atoms with Gasteiger partial charge in [-0.15, -0.1) is 0 Å². The van der Waals surface area contributed by atoms with E-state index < -0.39 is 0 Å². The highest BCUT2D eigenvalue weighted by molar-refractivity contribution is 5.82. The number of para-hydroxylation sites is 2. The van der Waals surface area contributed by atoms with Crippen LogP contribution < -0.4 is 5.32 Å². The Morgan fingerprint density at radius 3 is 2.57 bits per heavy atom. The summed E-state index contributed by atoms with van der Waals surface area (Å²) in [5.41, 5.74) is 3.07. The van der Waals surface area contributed by atoms with Crippen molar-refractivity contribution in [3.8, 4) is 6.07 Å². The molecule has 2 aromatic carbocycles. The van der Waals surface area contributed by atoms with Gasteiger partial charge in [0.05, 0.1) is 24.0 Å². The van der Waals surface area contributed by atoms with Crippen LogP contribution in [0.5, 0.6) is 0 Å². The first-order valence-electron chi connectivity index (χ1n) is 6.90. The molecule has 21 heavy (non-hydrogen) atoms. The van der Waals surface area contributed by atoms with E-state index in [1.807, 2.05) is 54.6 Å². The Morgan fingerprint density at radius 2 is 1.76 bits per heavy atom. The van der Waals surface area contributed by atoms with Crippen LogP contribution in [0.15, 0.2) is 66.9 Å². The third-order valence-electron chi connectivity index (χ3n) is 3.47. The lowest BCUT2D eigenvalue weighted by atomic mass is 9.99. The molecule has 0 bridgehead atoms. The second kappa shape index (κ2) is 6.06. The highest BCUT2D eigenvalue weighted by Crippen LogP contribution is 2.27. The zero-order chi connectivity index (χ0) is 14.5. The Labute approximate surface area is 123 Å². The summed E-state index contributed by atoms with van der Waals surface area (Å²) >= 11 is 0. The smallest absolute Gasteiger partial charge is 0.0705 e. The molecule has 0 aliphatic carbocycles. The molecule has 3 rings (SSSR count). The van der Waals surface area contributed by atoms with Crippen molar-refractivity contribution >= 4 is 16.6 Å². The second-order valence-corrected chi connectivity index (χ2v) is 4.84. The minimum absolute atomic E-state index is 0.0506. The van der Waals surface area contributed by atoms with E-state index in [0.29, 0.717) is 6.42 Å². The van der Waals surface area contributed by atoms with Gasteiger partial charge in [-0.05, 0) is 29.8 Å². The maximum Gasteiger partial charge on any atom is 0.0705 e. The van der Waals surface area contributed by atoms with Crippen molar-refractivity contribution in [1.82, 2.24) is 4.98 Å². The van der Waals surface area contributed by atoms with E-state index in [9.17, 15) is 0 Å². The van der Waals surface area contributed by atoms with Crippen LogP contribution in [0.3, 0.4) is 0 Å². The molecule has 0 saturated carbocycles. The number of nitrogens with zero attached hydrogens (tertiary/aromatic N) is 2. The number of pyridine rings is 1. The van der Waals surface area contributed by atoms with Crippen molar-refractivity contribution in [1.29, 1.82) is 5.26 Å². The zero-order valence-electron chi connectivity index (χ0n) is 11.5. The highest BCUT2D eigenvalue weighted by atomic mass is 14.9. The molecule has 1 aromatic heterocycles. The van der Waals surface area contributed by atoms with Crippen LogP contribution in [0.1, 0.15) is 18.0 Å². The standard InChI is InChI=1S/C18H15N3/c19-12-10-18(21-14-6-2-1-3-7-14)16-11-13-20-17-9-5-4-8-15(16)17/h1-9,11,13,18,21H,10H2. The van der Waals surface area contributed by atoms with Gasteiger partial charge in [-0.2, -0.15) is 5.26 Å². The fourth-order valence-electron chi connectivity index (χ4n) is 2.49. The average Bonchev–Trinajstić information content (AvgIpc) is 2.55. The Kier molecular flexibility index (Phi) is 3.79. The molecule has 1 unspecified atom stereocenters. The largest absolute Gasteiger partial charge is 0.377 e. The zero-order valence-corrected chi connectivity index (χ0v) is 11.5. The van der Waals surface area contributed by atoms with E-state index in [1.165, 1.54) is 0 Å². The van der Waals surface area contributed by atoms with Crippen LogP contribution in [0.2, 0.25) is 0 Å². The Balaban J connectivity index is 2.02. The van der Waals surface area contributed by atoms with E-state index in [0.717, 1.165) is 22.2 Å². The van der Waals surface area contributed by atoms with Gasteiger partial charge in [0.15, 0.2) is 0 Å². The number of aromatic nitrogens is 1. The van der Waals surface area contributed by atoms with Gasteiger partial charge in [-0.1, -0.05) is 36.4 Å². The first-order valence-corrected chi connectivity index (χ1v) is 6.90. The van der Waals surface area contributed by atoms with E-state index in [2.05, 4.69) is 22.4 Å². The number of nitrogens with one attached hydrogen (secondary N) is 1. The molecule has 102 valence electrons. The third kappa shape index (κ3) is 2.85. The summed E-state index contributed by atoms with van der Waals surface area (Å²) in [6.07, 6.45) is 2.21. The first-order chi connectivity index (χ1) is 10.4. The Hall–Kier alpha value is -2.86. The van der Waals surface area contributed by atoms with Crippen molar-refractivity contribution < 1.29 is 0 Å².